The van der Waals surface area contributed by atoms with Gasteiger partial charge >= 0.3 is 0 Å². The van der Waals surface area contributed by atoms with Gasteiger partial charge in [0.2, 0.25) is 0 Å². The van der Waals surface area contributed by atoms with E-state index in [9.17, 15) is 13.2 Å². The molecule has 0 bridgehead atoms. The maximum absolute atomic E-state index is 12.7. The number of rotatable bonds is 7. The van der Waals surface area contributed by atoms with Crippen molar-refractivity contribution in [2.75, 3.05) is 5.75 Å². The monoisotopic (exact) mass is 457 g/mol. The van der Waals surface area contributed by atoms with Crippen molar-refractivity contribution >= 4 is 26.6 Å². The summed E-state index contributed by atoms with van der Waals surface area (Å²) in [4.78, 5) is 12.9. The minimum absolute atomic E-state index is 0.0563. The number of amides is 1. The molecule has 1 heterocycles. The summed E-state index contributed by atoms with van der Waals surface area (Å²) in [6.45, 7) is 2.59. The van der Waals surface area contributed by atoms with Gasteiger partial charge in [-0.2, -0.15) is 5.26 Å². The Morgan fingerprint density at radius 3 is 2.33 bits per heavy atom. The third-order valence-electron chi connectivity index (χ3n) is 5.58. The number of sulfone groups is 1. The molecule has 0 fully saturated rings. The summed E-state index contributed by atoms with van der Waals surface area (Å²) in [5, 5.41) is 12.8. The Hall–Kier alpha value is -3.89. The highest BCUT2D eigenvalue weighted by atomic mass is 32.2. The second-order valence-electron chi connectivity index (χ2n) is 7.76. The van der Waals surface area contributed by atoms with E-state index < -0.39 is 9.84 Å². The highest BCUT2D eigenvalue weighted by Crippen LogP contribution is 2.20. The molecular weight excluding hydrogens is 434 g/mol. The van der Waals surface area contributed by atoms with Gasteiger partial charge < -0.3 is 9.88 Å². The van der Waals surface area contributed by atoms with Gasteiger partial charge in [0.15, 0.2) is 9.84 Å². The molecule has 1 aromatic heterocycles. The molecule has 0 radical (unpaired) electrons. The number of nitrogens with one attached hydrogen (secondary N) is 1. The number of carbonyl (C=O) groups excluding carboxylic acids is 1. The van der Waals surface area contributed by atoms with Crippen LogP contribution >= 0.6 is 0 Å². The second kappa shape index (κ2) is 9.31. The molecule has 4 rings (SSSR count). The van der Waals surface area contributed by atoms with E-state index in [0.717, 1.165) is 22.0 Å². The van der Waals surface area contributed by atoms with Gasteiger partial charge in [-0.1, -0.05) is 31.2 Å². The highest BCUT2D eigenvalue weighted by molar-refractivity contribution is 7.91. The lowest BCUT2D eigenvalue weighted by atomic mass is 10.1. The third kappa shape index (κ3) is 4.97. The summed E-state index contributed by atoms with van der Waals surface area (Å²) in [5.41, 5.74) is 4.13. The molecule has 6 nitrogen and oxygen atoms in total. The van der Waals surface area contributed by atoms with Crippen LogP contribution in [0.25, 0.3) is 10.9 Å². The molecule has 0 saturated carbocycles. The zero-order chi connectivity index (χ0) is 23.4. The van der Waals surface area contributed by atoms with Gasteiger partial charge in [0.1, 0.15) is 0 Å². The zero-order valence-electron chi connectivity index (χ0n) is 18.2. The van der Waals surface area contributed by atoms with Crippen LogP contribution in [0.15, 0.2) is 83.9 Å². The Labute approximate surface area is 193 Å². The number of fused-ring (bicyclic) bond motifs is 1. The highest BCUT2D eigenvalue weighted by Gasteiger charge is 2.12. The molecule has 1 N–H and O–H groups in total. The Kier molecular flexibility index (Phi) is 6.29. The lowest BCUT2D eigenvalue weighted by molar-refractivity contribution is 0.0951. The number of carbonyl (C=O) groups is 1. The van der Waals surface area contributed by atoms with Gasteiger partial charge in [-0.3, -0.25) is 4.79 Å². The topological polar surface area (TPSA) is 92.0 Å². The fraction of sp³-hybridized carbons (Fsp3) is 0.154. The Bertz CT molecular complexity index is 1450. The molecule has 0 aliphatic rings. The van der Waals surface area contributed by atoms with Crippen LogP contribution in [0.2, 0.25) is 0 Å². The minimum Gasteiger partial charge on any atom is -0.348 e. The number of benzene rings is 3. The first-order chi connectivity index (χ1) is 15.9. The summed E-state index contributed by atoms with van der Waals surface area (Å²) >= 11 is 0. The average Bonchev–Trinajstić information content (AvgIpc) is 3.25. The first kappa shape index (κ1) is 22.3. The van der Waals surface area contributed by atoms with Gasteiger partial charge in [0, 0.05) is 35.8 Å². The molecule has 0 aliphatic heterocycles. The maximum atomic E-state index is 12.7. The molecule has 0 aliphatic carbocycles. The van der Waals surface area contributed by atoms with Crippen molar-refractivity contribution in [3.63, 3.8) is 0 Å². The van der Waals surface area contributed by atoms with Crippen LogP contribution in [-0.4, -0.2) is 24.6 Å². The lowest BCUT2D eigenvalue weighted by Crippen LogP contribution is -2.22. The second-order valence-corrected chi connectivity index (χ2v) is 10.0. The largest absolute Gasteiger partial charge is 0.348 e. The summed E-state index contributed by atoms with van der Waals surface area (Å²) in [6, 6.07) is 23.8. The van der Waals surface area contributed by atoms with Crippen LogP contribution in [0.5, 0.6) is 0 Å². The van der Waals surface area contributed by atoms with Crippen LogP contribution in [0.1, 0.15) is 34.0 Å². The lowest BCUT2D eigenvalue weighted by Gasteiger charge is -2.08. The van der Waals surface area contributed by atoms with E-state index in [1.54, 1.807) is 49.4 Å². The minimum atomic E-state index is -3.23. The normalized spacial score (nSPS) is 11.3. The van der Waals surface area contributed by atoms with Crippen molar-refractivity contribution in [3.8, 4) is 6.07 Å². The van der Waals surface area contributed by atoms with Crippen LogP contribution in [0, 0.1) is 11.3 Å². The summed E-state index contributed by atoms with van der Waals surface area (Å²) < 4.78 is 25.9. The Morgan fingerprint density at radius 2 is 1.67 bits per heavy atom. The van der Waals surface area contributed by atoms with Crippen LogP contribution in [0.4, 0.5) is 0 Å². The van der Waals surface area contributed by atoms with Crippen molar-refractivity contribution < 1.29 is 13.2 Å². The summed E-state index contributed by atoms with van der Waals surface area (Å²) in [6.07, 6.45) is 1.98. The maximum Gasteiger partial charge on any atom is 0.251 e. The summed E-state index contributed by atoms with van der Waals surface area (Å²) in [7, 11) is -3.23. The molecule has 0 atom stereocenters. The molecular formula is C26H23N3O3S. The molecule has 3 aromatic carbocycles. The molecule has 4 aromatic rings. The van der Waals surface area contributed by atoms with Gasteiger partial charge in [0.05, 0.1) is 22.3 Å². The average molecular weight is 458 g/mol. The first-order valence-electron chi connectivity index (χ1n) is 10.6. The van der Waals surface area contributed by atoms with E-state index in [1.165, 1.54) is 0 Å². The van der Waals surface area contributed by atoms with Gasteiger partial charge in [-0.15, -0.1) is 0 Å². The number of aromatic nitrogens is 1. The Balaban J connectivity index is 1.43. The van der Waals surface area contributed by atoms with Crippen molar-refractivity contribution in [2.45, 2.75) is 24.9 Å². The van der Waals surface area contributed by atoms with Gasteiger partial charge in [-0.25, -0.2) is 8.42 Å². The summed E-state index contributed by atoms with van der Waals surface area (Å²) in [5.74, 6) is -0.136. The molecule has 7 heteroatoms. The van der Waals surface area contributed by atoms with Gasteiger partial charge in [0.25, 0.3) is 5.91 Å². The standard InChI is InChI=1S/C26H23N3O3S/c1-2-33(31,32)24-10-7-20(8-11-24)17-28-26(30)23-9-12-25-22(15-23)13-14-29(25)18-21-5-3-19(16-27)4-6-21/h3-15H,2,17-18H2,1H3,(H,28,30). The van der Waals surface area contributed by atoms with Crippen molar-refractivity contribution in [3.05, 3.63) is 101 Å². The number of hydrogen-bond acceptors (Lipinski definition) is 4. The third-order valence-corrected chi connectivity index (χ3v) is 7.34. The van der Waals surface area contributed by atoms with Crippen molar-refractivity contribution in [1.82, 2.24) is 9.88 Å². The molecule has 33 heavy (non-hydrogen) atoms. The first-order valence-corrected chi connectivity index (χ1v) is 12.2. The zero-order valence-corrected chi connectivity index (χ0v) is 19.0. The molecule has 166 valence electrons. The fourth-order valence-electron chi connectivity index (χ4n) is 3.63. The SMILES string of the molecule is CCS(=O)(=O)c1ccc(CNC(=O)c2ccc3c(ccn3Cc3ccc(C#N)cc3)c2)cc1. The Morgan fingerprint density at radius 1 is 0.970 bits per heavy atom. The quantitative estimate of drug-likeness (QED) is 0.448. The van der Waals surface area contributed by atoms with Crippen molar-refractivity contribution in [1.29, 1.82) is 5.26 Å². The van der Waals surface area contributed by atoms with E-state index in [1.807, 2.05) is 36.5 Å². The van der Waals surface area contributed by atoms with E-state index in [-0.39, 0.29) is 16.6 Å². The fourth-order valence-corrected chi connectivity index (χ4v) is 4.51. The van der Waals surface area contributed by atoms with E-state index in [4.69, 9.17) is 5.26 Å². The van der Waals surface area contributed by atoms with Gasteiger partial charge in [-0.05, 0) is 59.7 Å². The van der Waals surface area contributed by atoms with Crippen LogP contribution < -0.4 is 5.32 Å². The molecule has 0 unspecified atom stereocenters. The van der Waals surface area contributed by atoms with E-state index >= 15 is 0 Å². The van der Waals surface area contributed by atoms with E-state index in [0.29, 0.717) is 24.2 Å². The molecule has 0 saturated heterocycles. The predicted octanol–water partition coefficient (Wildman–Crippen LogP) is 4.28. The molecule has 0 spiro atoms. The van der Waals surface area contributed by atoms with Crippen LogP contribution in [-0.2, 0) is 22.9 Å². The predicted molar refractivity (Wildman–Crippen MR) is 128 cm³/mol. The van der Waals surface area contributed by atoms with Crippen molar-refractivity contribution in [2.24, 2.45) is 0 Å². The molecule has 1 amide bonds. The number of nitrogens with zero attached hydrogens (tertiary/aromatic N) is 2. The smallest absolute Gasteiger partial charge is 0.251 e. The van der Waals surface area contributed by atoms with E-state index in [2.05, 4.69) is 16.0 Å². The number of hydrogen-bond donors (Lipinski definition) is 1. The number of nitriles is 1. The van der Waals surface area contributed by atoms with Crippen LogP contribution in [0.3, 0.4) is 0 Å².